The third-order valence-corrected chi connectivity index (χ3v) is 2.38. The van der Waals surface area contributed by atoms with Gasteiger partial charge in [-0.1, -0.05) is 19.9 Å². The Labute approximate surface area is 102 Å². The van der Waals surface area contributed by atoms with E-state index in [9.17, 15) is 4.39 Å². The molecule has 3 nitrogen and oxygen atoms in total. The highest BCUT2D eigenvalue weighted by molar-refractivity contribution is 5.27. The van der Waals surface area contributed by atoms with Gasteiger partial charge in [0.25, 0.3) is 0 Å². The highest BCUT2D eigenvalue weighted by atomic mass is 19.1. The van der Waals surface area contributed by atoms with Gasteiger partial charge in [-0.25, -0.2) is 4.39 Å². The van der Waals surface area contributed by atoms with Crippen molar-refractivity contribution >= 4 is 0 Å². The van der Waals surface area contributed by atoms with Gasteiger partial charge < -0.3 is 15.2 Å². The zero-order valence-corrected chi connectivity index (χ0v) is 10.5. The quantitative estimate of drug-likeness (QED) is 0.799. The fourth-order valence-electron chi connectivity index (χ4n) is 1.49. The lowest BCUT2D eigenvalue weighted by Gasteiger charge is -2.19. The van der Waals surface area contributed by atoms with E-state index in [1.165, 1.54) is 6.07 Å². The molecule has 1 rings (SSSR count). The van der Waals surface area contributed by atoms with Crippen LogP contribution in [0.4, 0.5) is 4.39 Å². The smallest absolute Gasteiger partial charge is 0.129 e. The Hall–Kier alpha value is -1.13. The van der Waals surface area contributed by atoms with Crippen molar-refractivity contribution in [3.63, 3.8) is 0 Å². The second-order valence-electron chi connectivity index (χ2n) is 4.42. The van der Waals surface area contributed by atoms with E-state index < -0.39 is 0 Å². The molecule has 17 heavy (non-hydrogen) atoms. The first-order valence-electron chi connectivity index (χ1n) is 5.78. The molecule has 0 amide bonds. The van der Waals surface area contributed by atoms with Gasteiger partial charge >= 0.3 is 0 Å². The number of rotatable bonds is 6. The first kappa shape index (κ1) is 13.9. The predicted octanol–water partition coefficient (Wildman–Crippen LogP) is 1.87. The summed E-state index contributed by atoms with van der Waals surface area (Å²) >= 11 is 0. The average molecular weight is 241 g/mol. The first-order chi connectivity index (χ1) is 8.02. The summed E-state index contributed by atoms with van der Waals surface area (Å²) in [5, 5.41) is 12.3. The number of aryl methyl sites for hydroxylation is 1. The summed E-state index contributed by atoms with van der Waals surface area (Å²) in [5.74, 6) is 0.206. The van der Waals surface area contributed by atoms with Gasteiger partial charge in [0.05, 0.1) is 12.6 Å². The fraction of sp³-hybridized carbons (Fsp3) is 0.538. The van der Waals surface area contributed by atoms with Crippen LogP contribution in [0.15, 0.2) is 18.2 Å². The van der Waals surface area contributed by atoms with Crippen LogP contribution in [0, 0.1) is 12.7 Å². The zero-order chi connectivity index (χ0) is 12.8. The second kappa shape index (κ2) is 6.57. The van der Waals surface area contributed by atoms with Crippen LogP contribution in [0.2, 0.25) is 0 Å². The van der Waals surface area contributed by atoms with Crippen molar-refractivity contribution in [2.45, 2.75) is 32.9 Å². The third kappa shape index (κ3) is 4.71. The standard InChI is InChI=1S/C13H20FNO2/c1-9(2)15-11(7-16)8-17-12-5-4-10(3)13(14)6-12/h4-6,9,11,15-16H,7-8H2,1-3H3. The van der Waals surface area contributed by atoms with Crippen molar-refractivity contribution in [3.05, 3.63) is 29.6 Å². The van der Waals surface area contributed by atoms with E-state index in [2.05, 4.69) is 5.32 Å². The largest absolute Gasteiger partial charge is 0.492 e. The van der Waals surface area contributed by atoms with E-state index in [4.69, 9.17) is 9.84 Å². The molecule has 0 fully saturated rings. The van der Waals surface area contributed by atoms with Gasteiger partial charge in [0.2, 0.25) is 0 Å². The summed E-state index contributed by atoms with van der Waals surface area (Å²) in [6.45, 7) is 6.00. The van der Waals surface area contributed by atoms with E-state index in [1.54, 1.807) is 19.1 Å². The van der Waals surface area contributed by atoms with Crippen LogP contribution in [0.3, 0.4) is 0 Å². The lowest BCUT2D eigenvalue weighted by atomic mass is 10.2. The number of hydrogen-bond acceptors (Lipinski definition) is 3. The van der Waals surface area contributed by atoms with Crippen molar-refractivity contribution in [3.8, 4) is 5.75 Å². The topological polar surface area (TPSA) is 41.5 Å². The molecule has 0 aromatic heterocycles. The van der Waals surface area contributed by atoms with Crippen molar-refractivity contribution in [2.24, 2.45) is 0 Å². The molecule has 0 bridgehead atoms. The molecule has 0 heterocycles. The first-order valence-corrected chi connectivity index (χ1v) is 5.78. The number of aliphatic hydroxyl groups is 1. The maximum atomic E-state index is 13.3. The summed E-state index contributed by atoms with van der Waals surface area (Å²) in [5.41, 5.74) is 0.594. The molecule has 0 aliphatic heterocycles. The predicted molar refractivity (Wildman–Crippen MR) is 65.8 cm³/mol. The Kier molecular flexibility index (Phi) is 5.38. The average Bonchev–Trinajstić information content (AvgIpc) is 2.28. The molecule has 0 radical (unpaired) electrons. The summed E-state index contributed by atoms with van der Waals surface area (Å²) in [6.07, 6.45) is 0. The molecule has 1 aromatic rings. The normalized spacial score (nSPS) is 12.8. The molecule has 0 aliphatic rings. The number of benzene rings is 1. The number of aliphatic hydroxyl groups excluding tert-OH is 1. The molecule has 4 heteroatoms. The molecule has 1 unspecified atom stereocenters. The van der Waals surface area contributed by atoms with Gasteiger partial charge in [-0.15, -0.1) is 0 Å². The molecule has 96 valence electrons. The Morgan fingerprint density at radius 2 is 2.12 bits per heavy atom. The van der Waals surface area contributed by atoms with Crippen LogP contribution in [0.25, 0.3) is 0 Å². The minimum Gasteiger partial charge on any atom is -0.492 e. The van der Waals surface area contributed by atoms with Gasteiger partial charge in [-0.2, -0.15) is 0 Å². The van der Waals surface area contributed by atoms with E-state index in [-0.39, 0.29) is 24.5 Å². The van der Waals surface area contributed by atoms with Gasteiger partial charge in [0, 0.05) is 12.1 Å². The summed E-state index contributed by atoms with van der Waals surface area (Å²) < 4.78 is 18.7. The van der Waals surface area contributed by atoms with Crippen LogP contribution >= 0.6 is 0 Å². The monoisotopic (exact) mass is 241 g/mol. The summed E-state index contributed by atoms with van der Waals surface area (Å²) in [6, 6.07) is 4.89. The molecule has 0 saturated heterocycles. The fourth-order valence-corrected chi connectivity index (χ4v) is 1.49. The highest BCUT2D eigenvalue weighted by Gasteiger charge is 2.09. The number of hydrogen-bond donors (Lipinski definition) is 2. The Balaban J connectivity index is 2.50. The second-order valence-corrected chi connectivity index (χ2v) is 4.42. The maximum Gasteiger partial charge on any atom is 0.129 e. The molecular weight excluding hydrogens is 221 g/mol. The Morgan fingerprint density at radius 3 is 2.65 bits per heavy atom. The molecule has 1 aromatic carbocycles. The SMILES string of the molecule is Cc1ccc(OCC(CO)NC(C)C)cc1F. The van der Waals surface area contributed by atoms with Crippen LogP contribution in [0.5, 0.6) is 5.75 Å². The molecule has 2 N–H and O–H groups in total. The van der Waals surface area contributed by atoms with Crippen LogP contribution < -0.4 is 10.1 Å². The van der Waals surface area contributed by atoms with Gasteiger partial charge in [0.15, 0.2) is 0 Å². The summed E-state index contributed by atoms with van der Waals surface area (Å²) in [7, 11) is 0. The van der Waals surface area contributed by atoms with Gasteiger partial charge in [0.1, 0.15) is 18.2 Å². The molecule has 0 spiro atoms. The van der Waals surface area contributed by atoms with Gasteiger partial charge in [-0.05, 0) is 18.6 Å². The van der Waals surface area contributed by atoms with Crippen LogP contribution in [0.1, 0.15) is 19.4 Å². The van der Waals surface area contributed by atoms with Crippen molar-refractivity contribution < 1.29 is 14.2 Å². The molecule has 0 aliphatic carbocycles. The molecule has 1 atom stereocenters. The minimum absolute atomic E-state index is 0.00742. The van der Waals surface area contributed by atoms with Gasteiger partial charge in [-0.3, -0.25) is 0 Å². The number of ether oxygens (including phenoxy) is 1. The lowest BCUT2D eigenvalue weighted by Crippen LogP contribution is -2.41. The molecule has 0 saturated carbocycles. The Morgan fingerprint density at radius 1 is 1.41 bits per heavy atom. The van der Waals surface area contributed by atoms with Crippen LogP contribution in [-0.2, 0) is 0 Å². The minimum atomic E-state index is -0.278. The third-order valence-electron chi connectivity index (χ3n) is 2.38. The zero-order valence-electron chi connectivity index (χ0n) is 10.5. The van der Waals surface area contributed by atoms with Crippen molar-refractivity contribution in [2.75, 3.05) is 13.2 Å². The van der Waals surface area contributed by atoms with E-state index in [0.29, 0.717) is 17.9 Å². The van der Waals surface area contributed by atoms with E-state index in [0.717, 1.165) is 0 Å². The lowest BCUT2D eigenvalue weighted by molar-refractivity contribution is 0.176. The van der Waals surface area contributed by atoms with E-state index >= 15 is 0 Å². The van der Waals surface area contributed by atoms with Crippen molar-refractivity contribution in [1.82, 2.24) is 5.32 Å². The highest BCUT2D eigenvalue weighted by Crippen LogP contribution is 2.15. The van der Waals surface area contributed by atoms with Crippen LogP contribution in [-0.4, -0.2) is 30.4 Å². The maximum absolute atomic E-state index is 13.3. The summed E-state index contributed by atoms with van der Waals surface area (Å²) in [4.78, 5) is 0. The Bertz CT molecular complexity index is 355. The van der Waals surface area contributed by atoms with E-state index in [1.807, 2.05) is 13.8 Å². The molecular formula is C13H20FNO2. The number of halogens is 1. The van der Waals surface area contributed by atoms with Crippen molar-refractivity contribution in [1.29, 1.82) is 0 Å². The number of nitrogens with one attached hydrogen (secondary N) is 1.